The van der Waals surface area contributed by atoms with Gasteiger partial charge in [0.25, 0.3) is 0 Å². The molecule has 0 radical (unpaired) electrons. The van der Waals surface area contributed by atoms with E-state index in [2.05, 4.69) is 4.98 Å². The summed E-state index contributed by atoms with van der Waals surface area (Å²) in [5.74, 6) is -0.0601. The first kappa shape index (κ1) is 14.8. The molecule has 2 aliphatic rings. The third-order valence-electron chi connectivity index (χ3n) is 5.02. The number of fused-ring (bicyclic) bond motifs is 1. The molecular weight excluding hydrogens is 284 g/mol. The van der Waals surface area contributed by atoms with E-state index in [1.54, 1.807) is 30.3 Å². The van der Waals surface area contributed by atoms with Crippen LogP contribution in [0.15, 0.2) is 18.3 Å². The fourth-order valence-corrected chi connectivity index (χ4v) is 3.73. The second kappa shape index (κ2) is 5.59. The number of carbonyl (C=O) groups excluding carboxylic acids is 1. The van der Waals surface area contributed by atoms with Gasteiger partial charge in [0.15, 0.2) is 0 Å². The number of ether oxygens (including phenoxy) is 1. The van der Waals surface area contributed by atoms with Gasteiger partial charge >= 0.3 is 5.97 Å². The average molecular weight is 304 g/mol. The second-order valence-corrected chi connectivity index (χ2v) is 6.19. The first-order valence-electron chi connectivity index (χ1n) is 7.55. The molecule has 1 amide bonds. The predicted molar refractivity (Wildman–Crippen MR) is 78.5 cm³/mol. The molecule has 0 unspecified atom stereocenters. The number of carbonyl (C=O) groups is 2. The zero-order valence-electron chi connectivity index (χ0n) is 12.6. The topological polar surface area (TPSA) is 79.7 Å². The smallest absolute Gasteiger partial charge is 0.311 e. The molecule has 1 N–H and O–H groups in total. The maximum absolute atomic E-state index is 12.4. The average Bonchev–Trinajstić information content (AvgIpc) is 3.06. The van der Waals surface area contributed by atoms with Gasteiger partial charge in [-0.25, -0.2) is 0 Å². The van der Waals surface area contributed by atoms with E-state index in [0.717, 1.165) is 12.8 Å². The Morgan fingerprint density at radius 1 is 1.50 bits per heavy atom. The maximum Gasteiger partial charge on any atom is 0.311 e. The Balaban J connectivity index is 1.67. The Labute approximate surface area is 129 Å². The summed E-state index contributed by atoms with van der Waals surface area (Å²) in [4.78, 5) is 30.0. The highest BCUT2D eigenvalue weighted by Gasteiger charge is 2.55. The molecule has 2 atom stereocenters. The molecule has 3 rings (SSSR count). The molecule has 1 aromatic rings. The van der Waals surface area contributed by atoms with Crippen LogP contribution >= 0.6 is 0 Å². The summed E-state index contributed by atoms with van der Waals surface area (Å²) in [6.07, 6.45) is 4.31. The van der Waals surface area contributed by atoms with E-state index in [9.17, 15) is 14.7 Å². The maximum atomic E-state index is 12.4. The van der Waals surface area contributed by atoms with Crippen LogP contribution in [0.2, 0.25) is 0 Å². The number of amides is 1. The number of pyridine rings is 1. The lowest BCUT2D eigenvalue weighted by atomic mass is 9.81. The molecular formula is C16H20N2O4. The zero-order chi connectivity index (χ0) is 15.7. The van der Waals surface area contributed by atoms with Crippen LogP contribution in [-0.4, -0.2) is 47.1 Å². The van der Waals surface area contributed by atoms with Gasteiger partial charge in [-0.2, -0.15) is 0 Å². The molecule has 6 heteroatoms. The van der Waals surface area contributed by atoms with Crippen LogP contribution in [-0.2, 0) is 16.0 Å². The van der Waals surface area contributed by atoms with Gasteiger partial charge < -0.3 is 14.7 Å². The number of nitrogens with zero attached hydrogens (tertiary/aromatic N) is 2. The zero-order valence-corrected chi connectivity index (χ0v) is 12.6. The van der Waals surface area contributed by atoms with Crippen LogP contribution < -0.4 is 4.74 Å². The van der Waals surface area contributed by atoms with Gasteiger partial charge in [-0.05, 0) is 30.9 Å². The van der Waals surface area contributed by atoms with E-state index < -0.39 is 11.4 Å². The summed E-state index contributed by atoms with van der Waals surface area (Å²) in [6, 6.07) is 3.54. The summed E-state index contributed by atoms with van der Waals surface area (Å²) in [7, 11) is 1.57. The van der Waals surface area contributed by atoms with Gasteiger partial charge in [-0.1, -0.05) is 6.42 Å². The number of carboxylic acid groups (broad SMARTS) is 1. The largest absolute Gasteiger partial charge is 0.495 e. The molecule has 1 saturated carbocycles. The monoisotopic (exact) mass is 304 g/mol. The number of rotatable bonds is 4. The number of hydrogen-bond acceptors (Lipinski definition) is 4. The van der Waals surface area contributed by atoms with Crippen LogP contribution in [0.3, 0.4) is 0 Å². The molecule has 0 bridgehead atoms. The molecule has 2 fully saturated rings. The number of aromatic nitrogens is 1. The number of likely N-dealkylation sites (tertiary alicyclic amines) is 1. The quantitative estimate of drug-likeness (QED) is 0.908. The van der Waals surface area contributed by atoms with Gasteiger partial charge in [-0.3, -0.25) is 14.6 Å². The van der Waals surface area contributed by atoms with Crippen LogP contribution in [0.25, 0.3) is 0 Å². The first-order chi connectivity index (χ1) is 10.5. The SMILES string of the molecule is COc1ccc(CC(=O)N2C[C@@H]3CCC[C@@]3(C(=O)O)C2)nc1. The van der Waals surface area contributed by atoms with Crippen molar-refractivity contribution in [2.75, 3.05) is 20.2 Å². The predicted octanol–water partition coefficient (Wildman–Crippen LogP) is 1.35. The van der Waals surface area contributed by atoms with Gasteiger partial charge in [0.2, 0.25) is 5.91 Å². The Morgan fingerprint density at radius 2 is 2.32 bits per heavy atom. The van der Waals surface area contributed by atoms with Crippen molar-refractivity contribution in [2.45, 2.75) is 25.7 Å². The van der Waals surface area contributed by atoms with Crippen molar-refractivity contribution in [3.63, 3.8) is 0 Å². The highest BCUT2D eigenvalue weighted by molar-refractivity contribution is 5.82. The van der Waals surface area contributed by atoms with E-state index in [4.69, 9.17) is 4.74 Å². The van der Waals surface area contributed by atoms with Crippen molar-refractivity contribution in [1.82, 2.24) is 9.88 Å². The molecule has 2 heterocycles. The third-order valence-corrected chi connectivity index (χ3v) is 5.02. The minimum atomic E-state index is -0.757. The van der Waals surface area contributed by atoms with Crippen LogP contribution in [0, 0.1) is 11.3 Å². The van der Waals surface area contributed by atoms with Crippen molar-refractivity contribution in [3.8, 4) is 5.75 Å². The highest BCUT2D eigenvalue weighted by Crippen LogP contribution is 2.48. The Kier molecular flexibility index (Phi) is 3.76. The van der Waals surface area contributed by atoms with E-state index >= 15 is 0 Å². The molecule has 118 valence electrons. The summed E-state index contributed by atoms with van der Waals surface area (Å²) in [5.41, 5.74) is -0.0459. The molecule has 1 aliphatic carbocycles. The molecule has 0 spiro atoms. The van der Waals surface area contributed by atoms with Crippen molar-refractivity contribution in [2.24, 2.45) is 11.3 Å². The summed E-state index contributed by atoms with van der Waals surface area (Å²) in [6.45, 7) is 0.892. The van der Waals surface area contributed by atoms with Crippen molar-refractivity contribution >= 4 is 11.9 Å². The fourth-order valence-electron chi connectivity index (χ4n) is 3.73. The Hall–Kier alpha value is -2.11. The highest BCUT2D eigenvalue weighted by atomic mass is 16.5. The van der Waals surface area contributed by atoms with Gasteiger partial charge in [-0.15, -0.1) is 0 Å². The van der Waals surface area contributed by atoms with E-state index in [1.165, 1.54) is 0 Å². The van der Waals surface area contributed by atoms with Crippen LogP contribution in [0.1, 0.15) is 25.0 Å². The summed E-state index contributed by atoms with van der Waals surface area (Å²) in [5, 5.41) is 9.56. The number of hydrogen-bond donors (Lipinski definition) is 1. The number of carboxylic acids is 1. The summed E-state index contributed by atoms with van der Waals surface area (Å²) >= 11 is 0. The number of methoxy groups -OCH3 is 1. The fraction of sp³-hybridized carbons (Fsp3) is 0.562. The van der Waals surface area contributed by atoms with Crippen LogP contribution in [0.4, 0.5) is 0 Å². The summed E-state index contributed by atoms with van der Waals surface area (Å²) < 4.78 is 5.04. The standard InChI is InChI=1S/C16H20N2O4/c1-22-13-5-4-12(17-8-13)7-14(19)18-9-11-3-2-6-16(11,10-18)15(20)21/h4-5,8,11H,2-3,6-7,9-10H2,1H3,(H,20,21)/t11-,16+/m0/s1. The lowest BCUT2D eigenvalue weighted by molar-refractivity contribution is -0.149. The van der Waals surface area contributed by atoms with E-state index in [1.807, 2.05) is 0 Å². The molecule has 0 aromatic carbocycles. The first-order valence-corrected chi connectivity index (χ1v) is 7.55. The van der Waals surface area contributed by atoms with Gasteiger partial charge in [0.05, 0.1) is 25.1 Å². The van der Waals surface area contributed by atoms with Gasteiger partial charge in [0.1, 0.15) is 5.75 Å². The van der Waals surface area contributed by atoms with Crippen molar-refractivity contribution in [1.29, 1.82) is 0 Å². The van der Waals surface area contributed by atoms with E-state index in [-0.39, 0.29) is 18.2 Å². The normalized spacial score (nSPS) is 26.8. The third kappa shape index (κ3) is 2.42. The molecule has 6 nitrogen and oxygen atoms in total. The van der Waals surface area contributed by atoms with Crippen LogP contribution in [0.5, 0.6) is 5.75 Å². The van der Waals surface area contributed by atoms with Crippen molar-refractivity contribution < 1.29 is 19.4 Å². The molecule has 1 saturated heterocycles. The Bertz CT molecular complexity index is 586. The van der Waals surface area contributed by atoms with Gasteiger partial charge in [0, 0.05) is 18.8 Å². The van der Waals surface area contributed by atoms with Crippen molar-refractivity contribution in [3.05, 3.63) is 24.0 Å². The second-order valence-electron chi connectivity index (χ2n) is 6.19. The lowest BCUT2D eigenvalue weighted by Gasteiger charge is -2.23. The Morgan fingerprint density at radius 3 is 2.91 bits per heavy atom. The molecule has 1 aromatic heterocycles. The minimum absolute atomic E-state index is 0.0484. The number of aliphatic carboxylic acids is 1. The molecule has 22 heavy (non-hydrogen) atoms. The van der Waals surface area contributed by atoms with E-state index in [0.29, 0.717) is 31.0 Å². The minimum Gasteiger partial charge on any atom is -0.495 e. The molecule has 1 aliphatic heterocycles. The lowest BCUT2D eigenvalue weighted by Crippen LogP contribution is -2.37.